The largest absolute Gasteiger partial charge is 2.00 e. The number of nitrogens with zero attached hydrogens (tertiary/aromatic N) is 4. The van der Waals surface area contributed by atoms with E-state index in [-0.39, 0.29) is 21.1 Å². The summed E-state index contributed by atoms with van der Waals surface area (Å²) in [6.07, 6.45) is 1.89. The third kappa shape index (κ3) is 4.86. The molecule has 6 aromatic rings. The molecule has 1 aliphatic heterocycles. The molecule has 0 atom stereocenters. The summed E-state index contributed by atoms with van der Waals surface area (Å²) in [5, 5.41) is 2.28. The number of rotatable bonds is 6. The van der Waals surface area contributed by atoms with Gasteiger partial charge >= 0.3 is 21.1 Å². The van der Waals surface area contributed by atoms with Crippen LogP contribution in [0.25, 0.3) is 27.6 Å². The topological polar surface area (TPSA) is 33.5 Å². The van der Waals surface area contributed by atoms with Gasteiger partial charge in [-0.2, -0.15) is 12.1 Å². The minimum Gasteiger partial charge on any atom is -0.509 e. The van der Waals surface area contributed by atoms with Crippen LogP contribution in [0.3, 0.4) is 0 Å². The molecule has 0 unspecified atom stereocenters. The van der Waals surface area contributed by atoms with Gasteiger partial charge in [-0.3, -0.25) is 0 Å². The maximum atomic E-state index is 6.41. The zero-order valence-corrected chi connectivity index (χ0v) is 26.4. The second-order valence-electron chi connectivity index (χ2n) is 11.2. The summed E-state index contributed by atoms with van der Waals surface area (Å²) in [5.41, 5.74) is 6.68. The number of anilines is 3. The standard InChI is InChI=1S/C36H32N4O.Pt/c1-24(2)26-18-19-37-36(20-26)40-32-13-6-5-12-30(32)31-17-16-29(22-35(31)40)41-28-11-9-10-27(21-28)39-23-38(25(3)4)33-14-7-8-15-34(33)39;/h5-20,24-25H,23H2,1-4H3;/q-2;+2. The molecule has 7 rings (SSSR count). The Morgan fingerprint density at radius 3 is 2.33 bits per heavy atom. The minimum absolute atomic E-state index is 0. The summed E-state index contributed by atoms with van der Waals surface area (Å²) in [4.78, 5) is 9.45. The Morgan fingerprint density at radius 1 is 0.762 bits per heavy atom. The summed E-state index contributed by atoms with van der Waals surface area (Å²) in [5.74, 6) is 2.58. The molecule has 0 amide bonds. The van der Waals surface area contributed by atoms with Gasteiger partial charge in [0.2, 0.25) is 0 Å². The van der Waals surface area contributed by atoms with E-state index in [0.717, 1.165) is 40.0 Å². The van der Waals surface area contributed by atoms with Crippen LogP contribution in [-0.4, -0.2) is 22.3 Å². The minimum atomic E-state index is 0. The maximum absolute atomic E-state index is 6.41. The van der Waals surface area contributed by atoms with Crippen molar-refractivity contribution in [3.63, 3.8) is 0 Å². The molecule has 1 aliphatic rings. The fourth-order valence-electron chi connectivity index (χ4n) is 5.75. The quantitative estimate of drug-likeness (QED) is 0.160. The van der Waals surface area contributed by atoms with Crippen molar-refractivity contribution in [2.45, 2.75) is 39.7 Å². The van der Waals surface area contributed by atoms with Crippen LogP contribution >= 0.6 is 0 Å². The van der Waals surface area contributed by atoms with Crippen molar-refractivity contribution >= 4 is 38.9 Å². The van der Waals surface area contributed by atoms with Gasteiger partial charge in [0.1, 0.15) is 5.82 Å². The van der Waals surface area contributed by atoms with E-state index >= 15 is 0 Å². The van der Waals surface area contributed by atoms with Crippen LogP contribution in [0.2, 0.25) is 0 Å². The molecule has 4 aromatic carbocycles. The van der Waals surface area contributed by atoms with Gasteiger partial charge in [-0.25, -0.2) is 4.98 Å². The van der Waals surface area contributed by atoms with Crippen molar-refractivity contribution in [2.24, 2.45) is 0 Å². The van der Waals surface area contributed by atoms with Crippen LogP contribution < -0.4 is 14.5 Å². The molecular formula is C36H32N4OPt. The molecule has 212 valence electrons. The van der Waals surface area contributed by atoms with Gasteiger partial charge in [0.25, 0.3) is 0 Å². The number of pyridine rings is 1. The van der Waals surface area contributed by atoms with E-state index < -0.39 is 0 Å². The zero-order valence-electron chi connectivity index (χ0n) is 24.1. The van der Waals surface area contributed by atoms with E-state index in [4.69, 9.17) is 9.72 Å². The van der Waals surface area contributed by atoms with Crippen LogP contribution in [-0.2, 0) is 21.1 Å². The number of hydrogen-bond acceptors (Lipinski definition) is 4. The van der Waals surface area contributed by atoms with E-state index in [1.807, 2.05) is 24.4 Å². The fraction of sp³-hybridized carbons (Fsp3) is 0.194. The first-order valence-electron chi connectivity index (χ1n) is 14.2. The molecule has 0 radical (unpaired) electrons. The summed E-state index contributed by atoms with van der Waals surface area (Å²) < 4.78 is 8.60. The molecule has 3 heterocycles. The van der Waals surface area contributed by atoms with Crippen molar-refractivity contribution in [3.05, 3.63) is 115 Å². The van der Waals surface area contributed by atoms with Crippen molar-refractivity contribution in [1.82, 2.24) is 9.55 Å². The second-order valence-corrected chi connectivity index (χ2v) is 11.2. The number of para-hydroxylation sites is 3. The van der Waals surface area contributed by atoms with Crippen LogP contribution in [0.1, 0.15) is 39.2 Å². The third-order valence-corrected chi connectivity index (χ3v) is 7.88. The first-order valence-corrected chi connectivity index (χ1v) is 14.2. The molecule has 0 spiro atoms. The predicted molar refractivity (Wildman–Crippen MR) is 168 cm³/mol. The zero-order chi connectivity index (χ0) is 28.1. The molecule has 0 fully saturated rings. The molecule has 42 heavy (non-hydrogen) atoms. The number of ether oxygens (including phenoxy) is 1. The number of benzene rings is 4. The Morgan fingerprint density at radius 2 is 1.52 bits per heavy atom. The van der Waals surface area contributed by atoms with E-state index in [0.29, 0.717) is 23.5 Å². The third-order valence-electron chi connectivity index (χ3n) is 7.88. The summed E-state index contributed by atoms with van der Waals surface area (Å²) in [6, 6.07) is 38.9. The van der Waals surface area contributed by atoms with Gasteiger partial charge in [0.15, 0.2) is 0 Å². The smallest absolute Gasteiger partial charge is 0.509 e. The average Bonchev–Trinajstić information content (AvgIpc) is 3.54. The van der Waals surface area contributed by atoms with E-state index in [1.54, 1.807) is 0 Å². The Bertz CT molecular complexity index is 1890. The van der Waals surface area contributed by atoms with Crippen LogP contribution in [0, 0.1) is 12.1 Å². The molecule has 2 aromatic heterocycles. The summed E-state index contributed by atoms with van der Waals surface area (Å²) in [6.45, 7) is 9.63. The summed E-state index contributed by atoms with van der Waals surface area (Å²) in [7, 11) is 0. The average molecular weight is 732 g/mol. The van der Waals surface area contributed by atoms with Gasteiger partial charge < -0.3 is 19.1 Å². The van der Waals surface area contributed by atoms with Gasteiger partial charge in [0.05, 0.1) is 18.0 Å². The molecule has 5 nitrogen and oxygen atoms in total. The molecule has 0 saturated carbocycles. The number of hydrogen-bond donors (Lipinski definition) is 0. The van der Waals surface area contributed by atoms with Crippen molar-refractivity contribution in [3.8, 4) is 17.3 Å². The Hall–Kier alpha value is -4.08. The molecular weight excluding hydrogens is 700 g/mol. The van der Waals surface area contributed by atoms with Crippen molar-refractivity contribution in [2.75, 3.05) is 16.5 Å². The van der Waals surface area contributed by atoms with Crippen LogP contribution in [0.4, 0.5) is 17.1 Å². The molecule has 0 N–H and O–H groups in total. The fourth-order valence-corrected chi connectivity index (χ4v) is 5.75. The molecule has 6 heteroatoms. The van der Waals surface area contributed by atoms with E-state index in [1.165, 1.54) is 16.9 Å². The Balaban J connectivity index is 0.00000316. The second kappa shape index (κ2) is 11.3. The monoisotopic (exact) mass is 731 g/mol. The number of fused-ring (bicyclic) bond motifs is 4. The van der Waals surface area contributed by atoms with Crippen molar-refractivity contribution < 1.29 is 25.8 Å². The predicted octanol–water partition coefficient (Wildman–Crippen LogP) is 9.02. The van der Waals surface area contributed by atoms with Gasteiger partial charge in [-0.15, -0.1) is 35.7 Å². The Labute approximate surface area is 261 Å². The SMILES string of the molecule is CC(C)c1ccnc(-n2c3[c-]c(Oc4[c-]c(N5CN(C(C)C)c6ccccc65)ccc4)ccc3c3ccccc32)c1.[Pt+2]. The Kier molecular flexibility index (Phi) is 7.55. The van der Waals surface area contributed by atoms with E-state index in [9.17, 15) is 0 Å². The van der Waals surface area contributed by atoms with Crippen molar-refractivity contribution in [1.29, 1.82) is 0 Å². The first kappa shape index (κ1) is 28.1. The first-order chi connectivity index (χ1) is 20.0. The maximum Gasteiger partial charge on any atom is 2.00 e. The molecule has 0 aliphatic carbocycles. The molecule has 0 bridgehead atoms. The van der Waals surface area contributed by atoms with E-state index in [2.05, 4.69) is 127 Å². The molecule has 0 saturated heterocycles. The summed E-state index contributed by atoms with van der Waals surface area (Å²) >= 11 is 0. The van der Waals surface area contributed by atoms with Gasteiger partial charge in [-0.1, -0.05) is 55.4 Å². The van der Waals surface area contributed by atoms with Gasteiger partial charge in [0, 0.05) is 29.3 Å². The van der Waals surface area contributed by atoms with Crippen LogP contribution in [0.5, 0.6) is 11.5 Å². The van der Waals surface area contributed by atoms with Gasteiger partial charge in [-0.05, 0) is 61.0 Å². The number of aromatic nitrogens is 2. The normalized spacial score (nSPS) is 12.8. The van der Waals surface area contributed by atoms with Crippen LogP contribution in [0.15, 0.2) is 97.2 Å².